The van der Waals surface area contributed by atoms with Gasteiger partial charge in [0.05, 0.1) is 0 Å². The minimum Gasteiger partial charge on any atom is -0.303 e. The predicted octanol–water partition coefficient (Wildman–Crippen LogP) is 3.46. The fourth-order valence-electron chi connectivity index (χ4n) is 2.44. The second-order valence-corrected chi connectivity index (χ2v) is 4.50. The van der Waals surface area contributed by atoms with Gasteiger partial charge in [0, 0.05) is 6.42 Å². The van der Waals surface area contributed by atoms with E-state index >= 15 is 0 Å². The maximum absolute atomic E-state index is 10.8. The highest BCUT2D eigenvalue weighted by Gasteiger charge is 2.26. The Labute approximate surface area is 95.1 Å². The van der Waals surface area contributed by atoms with Crippen molar-refractivity contribution in [3.05, 3.63) is 47.5 Å². The lowest BCUT2D eigenvalue weighted by molar-refractivity contribution is -0.107. The summed E-state index contributed by atoms with van der Waals surface area (Å²) < 4.78 is 0. The van der Waals surface area contributed by atoms with Gasteiger partial charge in [-0.15, -0.1) is 0 Å². The molecule has 0 spiro atoms. The molecule has 1 aliphatic rings. The largest absolute Gasteiger partial charge is 0.303 e. The molecule has 1 nitrogen and oxygen atoms in total. The van der Waals surface area contributed by atoms with Crippen LogP contribution in [0.15, 0.2) is 36.4 Å². The van der Waals surface area contributed by atoms with E-state index in [2.05, 4.69) is 24.3 Å². The Morgan fingerprint density at radius 2 is 1.94 bits per heavy atom. The van der Waals surface area contributed by atoms with E-state index in [-0.39, 0.29) is 0 Å². The molecule has 0 N–H and O–H groups in total. The first-order chi connectivity index (χ1) is 7.90. The van der Waals surface area contributed by atoms with E-state index < -0.39 is 0 Å². The molecule has 1 saturated carbocycles. The van der Waals surface area contributed by atoms with E-state index in [1.54, 1.807) is 0 Å². The smallest absolute Gasteiger partial charge is 0.124 e. The molecule has 16 heavy (non-hydrogen) atoms. The summed E-state index contributed by atoms with van der Waals surface area (Å²) >= 11 is 0. The minimum absolute atomic E-state index is 0.549. The summed E-state index contributed by atoms with van der Waals surface area (Å²) in [7, 11) is 0. The van der Waals surface area contributed by atoms with Crippen molar-refractivity contribution in [1.82, 2.24) is 0 Å². The third kappa shape index (κ3) is 1.53. The molecular weight excluding hydrogens is 196 g/mol. The molecule has 0 saturated heterocycles. The van der Waals surface area contributed by atoms with Crippen LogP contribution in [0.3, 0.4) is 0 Å². The van der Waals surface area contributed by atoms with Crippen molar-refractivity contribution in [3.8, 4) is 0 Å². The van der Waals surface area contributed by atoms with E-state index in [0.29, 0.717) is 12.3 Å². The van der Waals surface area contributed by atoms with Gasteiger partial charge in [-0.1, -0.05) is 36.4 Å². The monoisotopic (exact) mass is 210 g/mol. The van der Waals surface area contributed by atoms with Gasteiger partial charge in [-0.05, 0) is 40.7 Å². The van der Waals surface area contributed by atoms with Gasteiger partial charge in [0.2, 0.25) is 0 Å². The zero-order valence-electron chi connectivity index (χ0n) is 9.15. The van der Waals surface area contributed by atoms with Gasteiger partial charge in [0.1, 0.15) is 6.29 Å². The predicted molar refractivity (Wildman–Crippen MR) is 65.7 cm³/mol. The van der Waals surface area contributed by atoms with E-state index in [4.69, 9.17) is 0 Å². The maximum Gasteiger partial charge on any atom is 0.124 e. The molecule has 2 aromatic carbocycles. The fourth-order valence-corrected chi connectivity index (χ4v) is 2.44. The van der Waals surface area contributed by atoms with Crippen LogP contribution in [0.1, 0.15) is 29.9 Å². The topological polar surface area (TPSA) is 17.1 Å². The summed E-state index contributed by atoms with van der Waals surface area (Å²) in [5.74, 6) is 0.708. The van der Waals surface area contributed by atoms with Crippen LogP contribution in [0, 0.1) is 0 Å². The standard InChI is InChI=1S/C15H14O/c16-10-9-15-13-4-2-1-3-11(13)7-8-14(15)12-5-6-12/h1-4,7-8,10,12H,5-6,9H2. The highest BCUT2D eigenvalue weighted by Crippen LogP contribution is 2.43. The third-order valence-corrected chi connectivity index (χ3v) is 3.38. The first-order valence-electron chi connectivity index (χ1n) is 5.84. The molecule has 0 unspecified atom stereocenters. The lowest BCUT2D eigenvalue weighted by Gasteiger charge is -2.10. The van der Waals surface area contributed by atoms with Crippen molar-refractivity contribution in [3.63, 3.8) is 0 Å². The summed E-state index contributed by atoms with van der Waals surface area (Å²) in [6.07, 6.45) is 4.13. The van der Waals surface area contributed by atoms with Crippen molar-refractivity contribution in [2.75, 3.05) is 0 Å². The van der Waals surface area contributed by atoms with Crippen molar-refractivity contribution in [2.24, 2.45) is 0 Å². The molecule has 0 radical (unpaired) electrons. The van der Waals surface area contributed by atoms with E-state index in [1.807, 2.05) is 12.1 Å². The first kappa shape index (κ1) is 9.59. The summed E-state index contributed by atoms with van der Waals surface area (Å²) in [5, 5.41) is 2.49. The average molecular weight is 210 g/mol. The maximum atomic E-state index is 10.8. The van der Waals surface area contributed by atoms with Gasteiger partial charge in [-0.25, -0.2) is 0 Å². The summed E-state index contributed by atoms with van der Waals surface area (Å²) in [6, 6.07) is 12.7. The molecular formula is C15H14O. The van der Waals surface area contributed by atoms with Crippen LogP contribution in [0.4, 0.5) is 0 Å². The Balaban J connectivity index is 2.25. The summed E-state index contributed by atoms with van der Waals surface area (Å²) in [6.45, 7) is 0. The highest BCUT2D eigenvalue weighted by atomic mass is 16.1. The molecule has 2 aromatic rings. The van der Waals surface area contributed by atoms with Gasteiger partial charge < -0.3 is 4.79 Å². The molecule has 1 heteroatoms. The Morgan fingerprint density at radius 1 is 1.12 bits per heavy atom. The molecule has 3 rings (SSSR count). The third-order valence-electron chi connectivity index (χ3n) is 3.38. The number of hydrogen-bond acceptors (Lipinski definition) is 1. The summed E-state index contributed by atoms with van der Waals surface area (Å²) in [5.41, 5.74) is 2.64. The van der Waals surface area contributed by atoms with Gasteiger partial charge >= 0.3 is 0 Å². The van der Waals surface area contributed by atoms with Crippen LogP contribution in [0.25, 0.3) is 10.8 Å². The molecule has 0 aliphatic heterocycles. The number of rotatable bonds is 3. The Bertz CT molecular complexity index is 538. The normalized spacial score (nSPS) is 15.2. The molecule has 0 aromatic heterocycles. The van der Waals surface area contributed by atoms with E-state index in [9.17, 15) is 4.79 Å². The molecule has 0 heterocycles. The quantitative estimate of drug-likeness (QED) is 0.709. The Morgan fingerprint density at radius 3 is 2.69 bits per heavy atom. The zero-order chi connectivity index (χ0) is 11.0. The van der Waals surface area contributed by atoms with Crippen molar-refractivity contribution in [2.45, 2.75) is 25.2 Å². The summed E-state index contributed by atoms with van der Waals surface area (Å²) in [4.78, 5) is 10.8. The minimum atomic E-state index is 0.549. The number of fused-ring (bicyclic) bond motifs is 1. The SMILES string of the molecule is O=CCc1c(C2CC2)ccc2ccccc12. The van der Waals surface area contributed by atoms with Crippen molar-refractivity contribution < 1.29 is 4.79 Å². The second kappa shape index (κ2) is 3.75. The number of hydrogen-bond donors (Lipinski definition) is 0. The first-order valence-corrected chi connectivity index (χ1v) is 5.84. The molecule has 1 fully saturated rings. The Kier molecular flexibility index (Phi) is 2.24. The highest BCUT2D eigenvalue weighted by molar-refractivity contribution is 5.88. The van der Waals surface area contributed by atoms with Crippen LogP contribution >= 0.6 is 0 Å². The number of carbonyl (C=O) groups excluding carboxylic acids is 1. The molecule has 1 aliphatic carbocycles. The van der Waals surface area contributed by atoms with Crippen LogP contribution in [0.5, 0.6) is 0 Å². The zero-order valence-corrected chi connectivity index (χ0v) is 9.15. The van der Waals surface area contributed by atoms with Crippen LogP contribution in [-0.4, -0.2) is 6.29 Å². The second-order valence-electron chi connectivity index (χ2n) is 4.50. The molecule has 0 amide bonds. The van der Waals surface area contributed by atoms with Crippen molar-refractivity contribution >= 4 is 17.1 Å². The van der Waals surface area contributed by atoms with Gasteiger partial charge in [-0.2, -0.15) is 0 Å². The van der Waals surface area contributed by atoms with E-state index in [0.717, 1.165) is 6.29 Å². The fraction of sp³-hybridized carbons (Fsp3) is 0.267. The Hall–Kier alpha value is -1.63. The number of carbonyl (C=O) groups is 1. The molecule has 80 valence electrons. The van der Waals surface area contributed by atoms with Gasteiger partial charge in [0.25, 0.3) is 0 Å². The molecule has 0 atom stereocenters. The van der Waals surface area contributed by atoms with Crippen LogP contribution < -0.4 is 0 Å². The number of benzene rings is 2. The van der Waals surface area contributed by atoms with Crippen LogP contribution in [0.2, 0.25) is 0 Å². The van der Waals surface area contributed by atoms with Crippen molar-refractivity contribution in [1.29, 1.82) is 0 Å². The lowest BCUT2D eigenvalue weighted by Crippen LogP contribution is -1.95. The average Bonchev–Trinajstić information content (AvgIpc) is 3.14. The van der Waals surface area contributed by atoms with Gasteiger partial charge in [-0.3, -0.25) is 0 Å². The van der Waals surface area contributed by atoms with E-state index in [1.165, 1.54) is 34.7 Å². The molecule has 0 bridgehead atoms. The van der Waals surface area contributed by atoms with Gasteiger partial charge in [0.15, 0.2) is 0 Å². The lowest BCUT2D eigenvalue weighted by atomic mass is 9.94. The number of aldehydes is 1. The van der Waals surface area contributed by atoms with Crippen LogP contribution in [-0.2, 0) is 11.2 Å².